The van der Waals surface area contributed by atoms with E-state index >= 15 is 0 Å². The highest BCUT2D eigenvalue weighted by Gasteiger charge is 2.02. The number of hydrogen-bond donors (Lipinski definition) is 1. The van der Waals surface area contributed by atoms with E-state index in [2.05, 4.69) is 63.4 Å². The van der Waals surface area contributed by atoms with Crippen LogP contribution >= 0.6 is 0 Å². The number of nitrogens with one attached hydrogen (secondary N) is 1. The number of likely N-dealkylation sites (N-methyl/N-ethyl adjacent to an activating group) is 1. The molecule has 0 spiro atoms. The predicted molar refractivity (Wildman–Crippen MR) is 72.5 cm³/mol. The summed E-state index contributed by atoms with van der Waals surface area (Å²) in [7, 11) is 0. The lowest BCUT2D eigenvalue weighted by molar-refractivity contribution is 0.682. The van der Waals surface area contributed by atoms with Crippen LogP contribution < -0.4 is 5.32 Å². The van der Waals surface area contributed by atoms with Gasteiger partial charge in [0, 0.05) is 6.54 Å². The van der Waals surface area contributed by atoms with Crippen molar-refractivity contribution >= 4 is 6.08 Å². The summed E-state index contributed by atoms with van der Waals surface area (Å²) >= 11 is 0. The zero-order valence-electron chi connectivity index (χ0n) is 10.9. The summed E-state index contributed by atoms with van der Waals surface area (Å²) in [5.41, 5.74) is 4.08. The maximum Gasteiger partial charge on any atom is 0.0170 e. The molecule has 0 unspecified atom stereocenters. The molecule has 0 amide bonds. The van der Waals surface area contributed by atoms with E-state index in [1.807, 2.05) is 0 Å². The van der Waals surface area contributed by atoms with Crippen LogP contribution in [0.1, 0.15) is 31.9 Å². The molecular formula is C15H23N. The third kappa shape index (κ3) is 4.19. The molecule has 1 nitrogen and oxygen atoms in total. The third-order valence-corrected chi connectivity index (χ3v) is 2.75. The molecule has 0 aliphatic carbocycles. The van der Waals surface area contributed by atoms with Crippen molar-refractivity contribution in [3.05, 3.63) is 41.0 Å². The zero-order chi connectivity index (χ0) is 12.0. The van der Waals surface area contributed by atoms with Gasteiger partial charge in [-0.05, 0) is 24.9 Å². The number of benzene rings is 1. The minimum Gasteiger partial charge on any atom is -0.313 e. The van der Waals surface area contributed by atoms with Crippen LogP contribution in [0.5, 0.6) is 0 Å². The zero-order valence-corrected chi connectivity index (χ0v) is 10.9. The largest absolute Gasteiger partial charge is 0.313 e. The van der Waals surface area contributed by atoms with Gasteiger partial charge >= 0.3 is 0 Å². The highest BCUT2D eigenvalue weighted by Crippen LogP contribution is 2.14. The first-order chi connectivity index (χ1) is 7.63. The molecule has 0 fully saturated rings. The second kappa shape index (κ2) is 6.49. The van der Waals surface area contributed by atoms with Crippen molar-refractivity contribution in [3.63, 3.8) is 0 Å². The van der Waals surface area contributed by atoms with Crippen LogP contribution in [-0.4, -0.2) is 13.1 Å². The van der Waals surface area contributed by atoms with Crippen molar-refractivity contribution in [1.29, 1.82) is 0 Å². The third-order valence-electron chi connectivity index (χ3n) is 2.75. The van der Waals surface area contributed by atoms with Crippen molar-refractivity contribution in [1.82, 2.24) is 5.32 Å². The SMILES string of the molecule is CCNCC(=Cc1ccc(C)cc1)C(C)C. The van der Waals surface area contributed by atoms with E-state index in [-0.39, 0.29) is 0 Å². The molecule has 1 rings (SSSR count). The van der Waals surface area contributed by atoms with Gasteiger partial charge in [-0.2, -0.15) is 0 Å². The Bertz CT molecular complexity index is 333. The Labute approximate surface area is 99.6 Å². The fraction of sp³-hybridized carbons (Fsp3) is 0.467. The van der Waals surface area contributed by atoms with Gasteiger partial charge in [-0.25, -0.2) is 0 Å². The molecule has 1 N–H and O–H groups in total. The van der Waals surface area contributed by atoms with Crippen molar-refractivity contribution in [2.24, 2.45) is 5.92 Å². The monoisotopic (exact) mass is 217 g/mol. The Morgan fingerprint density at radius 2 is 1.88 bits per heavy atom. The van der Waals surface area contributed by atoms with Gasteiger partial charge in [0.1, 0.15) is 0 Å². The highest BCUT2D eigenvalue weighted by atomic mass is 14.8. The smallest absolute Gasteiger partial charge is 0.0170 e. The summed E-state index contributed by atoms with van der Waals surface area (Å²) in [6.07, 6.45) is 2.30. The lowest BCUT2D eigenvalue weighted by atomic mass is 10.00. The van der Waals surface area contributed by atoms with Crippen LogP contribution in [0, 0.1) is 12.8 Å². The maximum absolute atomic E-state index is 3.39. The molecular weight excluding hydrogens is 194 g/mol. The van der Waals surface area contributed by atoms with Gasteiger partial charge in [0.25, 0.3) is 0 Å². The minimum absolute atomic E-state index is 0.598. The van der Waals surface area contributed by atoms with Crippen LogP contribution in [0.15, 0.2) is 29.8 Å². The van der Waals surface area contributed by atoms with Crippen LogP contribution in [0.3, 0.4) is 0 Å². The molecule has 0 bridgehead atoms. The van der Waals surface area contributed by atoms with Crippen LogP contribution in [-0.2, 0) is 0 Å². The van der Waals surface area contributed by atoms with E-state index in [0.29, 0.717) is 5.92 Å². The summed E-state index contributed by atoms with van der Waals surface area (Å²) in [5.74, 6) is 0.598. The summed E-state index contributed by atoms with van der Waals surface area (Å²) < 4.78 is 0. The van der Waals surface area contributed by atoms with Gasteiger partial charge < -0.3 is 5.32 Å². The summed E-state index contributed by atoms with van der Waals surface area (Å²) in [6.45, 7) is 10.8. The van der Waals surface area contributed by atoms with E-state index in [1.54, 1.807) is 0 Å². The van der Waals surface area contributed by atoms with E-state index in [1.165, 1.54) is 16.7 Å². The Balaban J connectivity index is 2.80. The van der Waals surface area contributed by atoms with Crippen LogP contribution in [0.2, 0.25) is 0 Å². The van der Waals surface area contributed by atoms with Gasteiger partial charge in [-0.1, -0.05) is 62.2 Å². The van der Waals surface area contributed by atoms with Crippen molar-refractivity contribution < 1.29 is 0 Å². The first kappa shape index (κ1) is 13.0. The lowest BCUT2D eigenvalue weighted by Gasteiger charge is -2.12. The van der Waals surface area contributed by atoms with E-state index in [0.717, 1.165) is 13.1 Å². The average Bonchev–Trinajstić information content (AvgIpc) is 2.26. The summed E-state index contributed by atoms with van der Waals surface area (Å²) in [5, 5.41) is 3.39. The van der Waals surface area contributed by atoms with E-state index < -0.39 is 0 Å². The first-order valence-electron chi connectivity index (χ1n) is 6.11. The van der Waals surface area contributed by atoms with Crippen molar-refractivity contribution in [2.75, 3.05) is 13.1 Å². The highest BCUT2D eigenvalue weighted by molar-refractivity contribution is 5.54. The molecule has 0 atom stereocenters. The molecule has 0 saturated carbocycles. The Morgan fingerprint density at radius 3 is 2.38 bits per heavy atom. The molecule has 0 aromatic heterocycles. The lowest BCUT2D eigenvalue weighted by Crippen LogP contribution is -2.18. The van der Waals surface area contributed by atoms with Crippen molar-refractivity contribution in [3.8, 4) is 0 Å². The molecule has 1 aromatic carbocycles. The fourth-order valence-electron chi connectivity index (χ4n) is 1.57. The topological polar surface area (TPSA) is 12.0 Å². The molecule has 0 heterocycles. The van der Waals surface area contributed by atoms with Gasteiger partial charge in [0.2, 0.25) is 0 Å². The molecule has 0 saturated heterocycles. The molecule has 16 heavy (non-hydrogen) atoms. The normalized spacial score (nSPS) is 12.2. The standard InChI is InChI=1S/C15H23N/c1-5-16-11-15(12(2)3)10-14-8-6-13(4)7-9-14/h6-10,12,16H,5,11H2,1-4H3. The summed E-state index contributed by atoms with van der Waals surface area (Å²) in [6, 6.07) is 8.70. The van der Waals surface area contributed by atoms with Gasteiger partial charge in [0.05, 0.1) is 0 Å². The molecule has 0 aliphatic heterocycles. The molecule has 0 radical (unpaired) electrons. The number of aryl methyl sites for hydroxylation is 1. The van der Waals surface area contributed by atoms with Crippen LogP contribution in [0.4, 0.5) is 0 Å². The van der Waals surface area contributed by atoms with Crippen LogP contribution in [0.25, 0.3) is 6.08 Å². The number of hydrogen-bond acceptors (Lipinski definition) is 1. The molecule has 0 aliphatic rings. The first-order valence-corrected chi connectivity index (χ1v) is 6.11. The average molecular weight is 217 g/mol. The molecule has 1 heteroatoms. The second-order valence-corrected chi connectivity index (χ2v) is 4.56. The van der Waals surface area contributed by atoms with E-state index in [9.17, 15) is 0 Å². The van der Waals surface area contributed by atoms with Gasteiger partial charge in [-0.15, -0.1) is 0 Å². The Morgan fingerprint density at radius 1 is 1.25 bits per heavy atom. The molecule has 88 valence electrons. The predicted octanol–water partition coefficient (Wildman–Crippen LogP) is 3.64. The Kier molecular flexibility index (Phi) is 5.27. The van der Waals surface area contributed by atoms with Crippen molar-refractivity contribution in [2.45, 2.75) is 27.7 Å². The Hall–Kier alpha value is -1.08. The fourth-order valence-corrected chi connectivity index (χ4v) is 1.57. The maximum atomic E-state index is 3.39. The second-order valence-electron chi connectivity index (χ2n) is 4.56. The van der Waals surface area contributed by atoms with E-state index in [4.69, 9.17) is 0 Å². The molecule has 1 aromatic rings. The van der Waals surface area contributed by atoms with Gasteiger partial charge in [-0.3, -0.25) is 0 Å². The number of rotatable bonds is 5. The quantitative estimate of drug-likeness (QED) is 0.794. The summed E-state index contributed by atoms with van der Waals surface area (Å²) in [4.78, 5) is 0. The minimum atomic E-state index is 0.598. The van der Waals surface area contributed by atoms with Gasteiger partial charge in [0.15, 0.2) is 0 Å².